The summed E-state index contributed by atoms with van der Waals surface area (Å²) in [6.07, 6.45) is 0.717. The number of hydrogen-bond acceptors (Lipinski definition) is 5. The van der Waals surface area contributed by atoms with Crippen LogP contribution in [-0.2, 0) is 13.1 Å². The molecule has 142 valence electrons. The predicted octanol–water partition coefficient (Wildman–Crippen LogP) is 3.30. The van der Waals surface area contributed by atoms with Gasteiger partial charge in [0.1, 0.15) is 11.6 Å². The van der Waals surface area contributed by atoms with Gasteiger partial charge in [0, 0.05) is 12.1 Å². The summed E-state index contributed by atoms with van der Waals surface area (Å²) >= 11 is 0. The van der Waals surface area contributed by atoms with Crippen molar-refractivity contribution in [2.75, 3.05) is 6.54 Å². The summed E-state index contributed by atoms with van der Waals surface area (Å²) in [5, 5.41) is 4.16. The minimum absolute atomic E-state index is 0.199. The van der Waals surface area contributed by atoms with Gasteiger partial charge >= 0.3 is 0 Å². The van der Waals surface area contributed by atoms with Crippen LogP contribution in [0.15, 0.2) is 39.8 Å². The van der Waals surface area contributed by atoms with Gasteiger partial charge in [-0.05, 0) is 38.4 Å². The van der Waals surface area contributed by atoms with Crippen molar-refractivity contribution in [1.82, 2.24) is 19.6 Å². The number of hydrogen-bond donors (Lipinski definition) is 0. The molecule has 0 aliphatic carbocycles. The number of rotatable bonds is 5. The van der Waals surface area contributed by atoms with Gasteiger partial charge in [0.25, 0.3) is 12.0 Å². The molecule has 4 rings (SSSR count). The second-order valence-electron chi connectivity index (χ2n) is 6.83. The second kappa shape index (κ2) is 7.19. The number of nitrogens with zero attached hydrogens (tertiary/aromatic N) is 4. The fourth-order valence-electron chi connectivity index (χ4n) is 3.75. The van der Waals surface area contributed by atoms with E-state index in [1.54, 1.807) is 30.5 Å². The Labute approximate surface area is 154 Å². The molecule has 27 heavy (non-hydrogen) atoms. The fourth-order valence-corrected chi connectivity index (χ4v) is 3.75. The van der Waals surface area contributed by atoms with Crippen molar-refractivity contribution in [3.63, 3.8) is 0 Å². The van der Waals surface area contributed by atoms with Gasteiger partial charge in [-0.15, -0.1) is 0 Å². The Kier molecular flexibility index (Phi) is 4.73. The van der Waals surface area contributed by atoms with Crippen LogP contribution in [-0.4, -0.2) is 32.6 Å². The highest BCUT2D eigenvalue weighted by atomic mass is 19.3. The summed E-state index contributed by atoms with van der Waals surface area (Å²) in [6.45, 7) is 2.57. The van der Waals surface area contributed by atoms with Gasteiger partial charge in [0.15, 0.2) is 0 Å². The maximum Gasteiger partial charge on any atom is 0.261 e. The fraction of sp³-hybridized carbons (Fsp3) is 0.421. The molecule has 1 fully saturated rings. The van der Waals surface area contributed by atoms with Crippen LogP contribution >= 0.6 is 0 Å². The van der Waals surface area contributed by atoms with Gasteiger partial charge in [-0.1, -0.05) is 17.3 Å². The zero-order valence-electron chi connectivity index (χ0n) is 14.9. The van der Waals surface area contributed by atoms with Crippen LogP contribution in [0.3, 0.4) is 0 Å². The molecule has 1 atom stereocenters. The minimum atomic E-state index is -2.63. The van der Waals surface area contributed by atoms with Crippen molar-refractivity contribution >= 4 is 10.9 Å². The normalized spacial score (nSPS) is 18.0. The lowest BCUT2D eigenvalue weighted by Crippen LogP contribution is -2.33. The van der Waals surface area contributed by atoms with Gasteiger partial charge in [-0.3, -0.25) is 14.3 Å². The number of halogens is 2. The quantitative estimate of drug-likeness (QED) is 0.686. The zero-order valence-corrected chi connectivity index (χ0v) is 14.9. The van der Waals surface area contributed by atoms with E-state index >= 15 is 0 Å². The van der Waals surface area contributed by atoms with E-state index in [4.69, 9.17) is 4.52 Å². The molecule has 0 saturated carbocycles. The lowest BCUT2D eigenvalue weighted by atomic mass is 10.1. The van der Waals surface area contributed by atoms with Gasteiger partial charge < -0.3 is 4.52 Å². The molecule has 0 bridgehead atoms. The number of benzene rings is 1. The second-order valence-corrected chi connectivity index (χ2v) is 6.83. The summed E-state index contributed by atoms with van der Waals surface area (Å²) in [6, 6.07) is 6.69. The largest absolute Gasteiger partial charge is 0.361 e. The van der Waals surface area contributed by atoms with Gasteiger partial charge in [-0.25, -0.2) is 13.8 Å². The van der Waals surface area contributed by atoms with Crippen LogP contribution < -0.4 is 5.56 Å². The third-order valence-corrected chi connectivity index (χ3v) is 5.10. The van der Waals surface area contributed by atoms with E-state index in [0.29, 0.717) is 23.3 Å². The summed E-state index contributed by atoms with van der Waals surface area (Å²) in [7, 11) is 0. The van der Waals surface area contributed by atoms with Crippen molar-refractivity contribution in [2.45, 2.75) is 45.3 Å². The van der Waals surface area contributed by atoms with Gasteiger partial charge in [0.2, 0.25) is 0 Å². The van der Waals surface area contributed by atoms with Gasteiger partial charge in [-0.2, -0.15) is 0 Å². The summed E-state index contributed by atoms with van der Waals surface area (Å²) < 4.78 is 32.7. The molecule has 1 aliphatic rings. The molecule has 2 aromatic heterocycles. The van der Waals surface area contributed by atoms with Crippen molar-refractivity contribution in [1.29, 1.82) is 0 Å². The average Bonchev–Trinajstić information content (AvgIpc) is 3.27. The Morgan fingerprint density at radius 1 is 1.33 bits per heavy atom. The molecule has 0 spiro atoms. The first-order valence-electron chi connectivity index (χ1n) is 8.96. The third-order valence-electron chi connectivity index (χ3n) is 5.10. The Morgan fingerprint density at radius 2 is 2.15 bits per heavy atom. The van der Waals surface area contributed by atoms with Crippen molar-refractivity contribution < 1.29 is 13.3 Å². The van der Waals surface area contributed by atoms with Crippen molar-refractivity contribution in [2.24, 2.45) is 0 Å². The maximum absolute atomic E-state index is 13.2. The molecule has 0 N–H and O–H groups in total. The molecule has 3 aromatic rings. The number of likely N-dealkylation sites (tertiary alicyclic amines) is 1. The van der Waals surface area contributed by atoms with Gasteiger partial charge in [0.05, 0.1) is 29.7 Å². The third kappa shape index (κ3) is 3.37. The standard InChI is InChI=1S/C19H20F2N4O2/c1-12-13(9-22-27-12)10-24-8-4-7-16(24)18-23-15-6-3-2-5-14(15)19(26)25(18)11-17(20)21/h2-3,5-6,9,16-17H,4,7-8,10-11H2,1H3. The molecule has 0 amide bonds. The van der Waals surface area contributed by atoms with Crippen LogP contribution in [0.5, 0.6) is 0 Å². The molecule has 1 unspecified atom stereocenters. The molecule has 1 aliphatic heterocycles. The number of fused-ring (bicyclic) bond motifs is 1. The molecule has 6 nitrogen and oxygen atoms in total. The summed E-state index contributed by atoms with van der Waals surface area (Å²) in [5.41, 5.74) is 1.07. The minimum Gasteiger partial charge on any atom is -0.361 e. The SMILES string of the molecule is Cc1oncc1CN1CCCC1c1nc2ccccc2c(=O)n1CC(F)F. The van der Waals surface area contributed by atoms with Crippen LogP contribution in [0.4, 0.5) is 8.78 Å². The highest BCUT2D eigenvalue weighted by molar-refractivity contribution is 5.77. The summed E-state index contributed by atoms with van der Waals surface area (Å²) in [5.74, 6) is 1.14. The first-order valence-corrected chi connectivity index (χ1v) is 8.96. The van der Waals surface area contributed by atoms with E-state index in [2.05, 4.69) is 15.0 Å². The molecular weight excluding hydrogens is 354 g/mol. The van der Waals surface area contributed by atoms with Crippen LogP contribution in [0, 0.1) is 6.92 Å². The first-order chi connectivity index (χ1) is 13.0. The Morgan fingerprint density at radius 3 is 2.89 bits per heavy atom. The highest BCUT2D eigenvalue weighted by Gasteiger charge is 2.31. The predicted molar refractivity (Wildman–Crippen MR) is 95.6 cm³/mol. The molecular formula is C19H20F2N4O2. The van der Waals surface area contributed by atoms with E-state index in [-0.39, 0.29) is 6.04 Å². The molecule has 3 heterocycles. The Balaban J connectivity index is 1.79. The number of para-hydroxylation sites is 1. The number of alkyl halides is 2. The first kappa shape index (κ1) is 17.8. The maximum atomic E-state index is 13.2. The average molecular weight is 374 g/mol. The molecule has 0 radical (unpaired) electrons. The van der Waals surface area contributed by atoms with E-state index in [1.807, 2.05) is 6.92 Å². The molecule has 8 heteroatoms. The summed E-state index contributed by atoms with van der Waals surface area (Å²) in [4.78, 5) is 19.6. The topological polar surface area (TPSA) is 64.2 Å². The highest BCUT2D eigenvalue weighted by Crippen LogP contribution is 2.33. The smallest absolute Gasteiger partial charge is 0.261 e. The Hall–Kier alpha value is -2.61. The lowest BCUT2D eigenvalue weighted by Gasteiger charge is -2.26. The van der Waals surface area contributed by atoms with Crippen LogP contribution in [0.25, 0.3) is 10.9 Å². The van der Waals surface area contributed by atoms with Crippen molar-refractivity contribution in [3.8, 4) is 0 Å². The molecule has 1 saturated heterocycles. The van der Waals surface area contributed by atoms with E-state index in [0.717, 1.165) is 35.3 Å². The van der Waals surface area contributed by atoms with Crippen molar-refractivity contribution in [3.05, 3.63) is 58.0 Å². The zero-order chi connectivity index (χ0) is 19.0. The lowest BCUT2D eigenvalue weighted by molar-refractivity contribution is 0.120. The number of aromatic nitrogens is 3. The monoisotopic (exact) mass is 374 g/mol. The number of aryl methyl sites for hydroxylation is 1. The van der Waals surface area contributed by atoms with Crippen LogP contribution in [0.1, 0.15) is 36.0 Å². The molecule has 1 aromatic carbocycles. The van der Waals surface area contributed by atoms with Crippen LogP contribution in [0.2, 0.25) is 0 Å². The Bertz CT molecular complexity index is 1010. The van der Waals surface area contributed by atoms with E-state index < -0.39 is 18.5 Å². The van der Waals surface area contributed by atoms with E-state index in [9.17, 15) is 13.6 Å². The van der Waals surface area contributed by atoms with E-state index in [1.165, 1.54) is 0 Å².